The van der Waals surface area contributed by atoms with E-state index in [1.54, 1.807) is 6.07 Å². The Labute approximate surface area is 122 Å². The molecule has 1 heterocycles. The van der Waals surface area contributed by atoms with Crippen molar-refractivity contribution in [3.8, 4) is 0 Å². The molecular weight excluding hydrogens is 289 g/mol. The predicted octanol–water partition coefficient (Wildman–Crippen LogP) is 3.35. The van der Waals surface area contributed by atoms with Crippen molar-refractivity contribution in [1.29, 1.82) is 0 Å². The number of nitrogens with zero attached hydrogens (tertiary/aromatic N) is 1. The Morgan fingerprint density at radius 1 is 0.905 bits per heavy atom. The lowest BCUT2D eigenvalue weighted by molar-refractivity contribution is 0.566. The van der Waals surface area contributed by atoms with Crippen LogP contribution in [0.4, 0.5) is 4.39 Å². The van der Waals surface area contributed by atoms with Crippen LogP contribution in [-0.4, -0.2) is 13.4 Å². The van der Waals surface area contributed by atoms with Crippen LogP contribution in [0.25, 0.3) is 10.9 Å². The highest BCUT2D eigenvalue weighted by Gasteiger charge is 2.20. The van der Waals surface area contributed by atoms with Gasteiger partial charge in [0.2, 0.25) is 0 Å². The van der Waals surface area contributed by atoms with E-state index in [-0.39, 0.29) is 10.6 Å². The van der Waals surface area contributed by atoms with Gasteiger partial charge in [-0.1, -0.05) is 36.4 Å². The molecule has 3 rings (SSSR count). The zero-order valence-electron chi connectivity index (χ0n) is 11.0. The summed E-state index contributed by atoms with van der Waals surface area (Å²) >= 11 is 0. The lowest BCUT2D eigenvalue weighted by atomic mass is 10.2. The standard InChI is InChI=1S/C16H12FNO2S/c17-14-6-2-4-8-16(14)21(19,20)11-13-10-9-12-5-1-3-7-15(12)18-13/h1-10H,11H2. The van der Waals surface area contributed by atoms with Crippen molar-refractivity contribution in [3.05, 3.63) is 72.2 Å². The molecule has 0 unspecified atom stereocenters. The zero-order chi connectivity index (χ0) is 14.9. The molecule has 0 aliphatic rings. The average Bonchev–Trinajstić information content (AvgIpc) is 2.47. The topological polar surface area (TPSA) is 47.0 Å². The van der Waals surface area contributed by atoms with Crippen molar-refractivity contribution in [3.63, 3.8) is 0 Å². The Morgan fingerprint density at radius 2 is 1.62 bits per heavy atom. The maximum atomic E-state index is 13.6. The van der Waals surface area contributed by atoms with Gasteiger partial charge in [0.1, 0.15) is 10.7 Å². The van der Waals surface area contributed by atoms with Gasteiger partial charge in [-0.05, 0) is 24.3 Å². The van der Waals surface area contributed by atoms with Crippen LogP contribution in [0.1, 0.15) is 5.69 Å². The number of hydrogen-bond acceptors (Lipinski definition) is 3. The number of rotatable bonds is 3. The maximum Gasteiger partial charge on any atom is 0.186 e. The molecule has 3 aromatic rings. The van der Waals surface area contributed by atoms with E-state index in [4.69, 9.17) is 0 Å². The molecule has 0 saturated carbocycles. The highest BCUT2D eigenvalue weighted by Crippen LogP contribution is 2.20. The predicted molar refractivity (Wildman–Crippen MR) is 79.0 cm³/mol. The van der Waals surface area contributed by atoms with E-state index in [0.29, 0.717) is 5.69 Å². The highest BCUT2D eigenvalue weighted by molar-refractivity contribution is 7.90. The summed E-state index contributed by atoms with van der Waals surface area (Å²) in [5.41, 5.74) is 1.12. The van der Waals surface area contributed by atoms with Gasteiger partial charge in [0.15, 0.2) is 9.84 Å². The van der Waals surface area contributed by atoms with Crippen LogP contribution in [0, 0.1) is 5.82 Å². The Bertz CT molecular complexity index is 907. The van der Waals surface area contributed by atoms with Crippen molar-refractivity contribution < 1.29 is 12.8 Å². The molecule has 0 bridgehead atoms. The number of aromatic nitrogens is 1. The molecule has 21 heavy (non-hydrogen) atoms. The summed E-state index contributed by atoms with van der Waals surface area (Å²) in [7, 11) is -3.75. The number of halogens is 1. The number of fused-ring (bicyclic) bond motifs is 1. The summed E-state index contributed by atoms with van der Waals surface area (Å²) in [6.07, 6.45) is 0. The smallest absolute Gasteiger partial charge is 0.186 e. The first-order valence-electron chi connectivity index (χ1n) is 6.38. The fraction of sp³-hybridized carbons (Fsp3) is 0.0625. The zero-order valence-corrected chi connectivity index (χ0v) is 11.8. The summed E-state index contributed by atoms with van der Waals surface area (Å²) in [4.78, 5) is 4.02. The van der Waals surface area contributed by atoms with Gasteiger partial charge in [-0.2, -0.15) is 0 Å². The minimum absolute atomic E-state index is 0.292. The molecule has 1 aromatic heterocycles. The van der Waals surface area contributed by atoms with E-state index in [2.05, 4.69) is 4.98 Å². The fourth-order valence-corrected chi connectivity index (χ4v) is 3.51. The van der Waals surface area contributed by atoms with Crippen molar-refractivity contribution in [1.82, 2.24) is 4.98 Å². The molecule has 0 amide bonds. The summed E-state index contributed by atoms with van der Waals surface area (Å²) in [5, 5.41) is 0.935. The lowest BCUT2D eigenvalue weighted by Crippen LogP contribution is -2.08. The summed E-state index contributed by atoms with van der Waals surface area (Å²) < 4.78 is 38.2. The van der Waals surface area contributed by atoms with Crippen molar-refractivity contribution in [2.24, 2.45) is 0 Å². The molecular formula is C16H12FNO2S. The second-order valence-corrected chi connectivity index (χ2v) is 6.64. The monoisotopic (exact) mass is 301 g/mol. The van der Waals surface area contributed by atoms with Crippen LogP contribution in [0.15, 0.2) is 65.6 Å². The van der Waals surface area contributed by atoms with Crippen LogP contribution in [0.5, 0.6) is 0 Å². The molecule has 0 fully saturated rings. The van der Waals surface area contributed by atoms with Crippen LogP contribution >= 0.6 is 0 Å². The van der Waals surface area contributed by atoms with Gasteiger partial charge in [-0.25, -0.2) is 12.8 Å². The maximum absolute atomic E-state index is 13.6. The van der Waals surface area contributed by atoms with E-state index in [1.165, 1.54) is 18.2 Å². The molecule has 0 saturated heterocycles. The van der Waals surface area contributed by atoms with Crippen LogP contribution in [0.3, 0.4) is 0 Å². The summed E-state index contributed by atoms with van der Waals surface area (Å²) in [6, 6.07) is 16.3. The number of benzene rings is 2. The Kier molecular flexibility index (Phi) is 3.43. The quantitative estimate of drug-likeness (QED) is 0.745. The van der Waals surface area contributed by atoms with Crippen molar-refractivity contribution in [2.75, 3.05) is 0 Å². The number of sulfone groups is 1. The summed E-state index contributed by atoms with van der Waals surface area (Å²) in [5.74, 6) is -1.06. The molecule has 0 spiro atoms. The molecule has 0 aliphatic heterocycles. The van der Waals surface area contributed by atoms with E-state index in [0.717, 1.165) is 17.0 Å². The van der Waals surface area contributed by atoms with Crippen LogP contribution in [0.2, 0.25) is 0 Å². The first-order chi connectivity index (χ1) is 10.1. The van der Waals surface area contributed by atoms with Crippen molar-refractivity contribution in [2.45, 2.75) is 10.6 Å². The lowest BCUT2D eigenvalue weighted by Gasteiger charge is -2.06. The van der Waals surface area contributed by atoms with Gasteiger partial charge >= 0.3 is 0 Å². The van der Waals surface area contributed by atoms with E-state index >= 15 is 0 Å². The van der Waals surface area contributed by atoms with Crippen molar-refractivity contribution >= 4 is 20.7 Å². The van der Waals surface area contributed by atoms with Gasteiger partial charge in [0, 0.05) is 5.39 Å². The Hall–Kier alpha value is -2.27. The van der Waals surface area contributed by atoms with E-state index < -0.39 is 15.7 Å². The first-order valence-corrected chi connectivity index (χ1v) is 8.03. The molecule has 0 radical (unpaired) electrons. The third kappa shape index (κ3) is 2.78. The minimum atomic E-state index is -3.75. The van der Waals surface area contributed by atoms with Gasteiger partial charge < -0.3 is 0 Å². The molecule has 106 valence electrons. The average molecular weight is 301 g/mol. The first kappa shape index (κ1) is 13.7. The Morgan fingerprint density at radius 3 is 2.43 bits per heavy atom. The number of pyridine rings is 1. The van der Waals surface area contributed by atoms with Crippen LogP contribution < -0.4 is 0 Å². The normalized spacial score (nSPS) is 11.7. The second-order valence-electron chi connectivity index (χ2n) is 4.68. The largest absolute Gasteiger partial charge is 0.252 e. The molecule has 5 heteroatoms. The van der Waals surface area contributed by atoms with Gasteiger partial charge in [-0.3, -0.25) is 4.98 Å². The third-order valence-electron chi connectivity index (χ3n) is 3.17. The van der Waals surface area contributed by atoms with Gasteiger partial charge in [-0.15, -0.1) is 0 Å². The SMILES string of the molecule is O=S(=O)(Cc1ccc2ccccc2n1)c1ccccc1F. The molecule has 0 N–H and O–H groups in total. The highest BCUT2D eigenvalue weighted by atomic mass is 32.2. The summed E-state index contributed by atoms with van der Waals surface area (Å²) in [6.45, 7) is 0. The molecule has 2 aromatic carbocycles. The Balaban J connectivity index is 1.99. The molecule has 0 aliphatic carbocycles. The van der Waals surface area contributed by atoms with E-state index in [1.807, 2.05) is 30.3 Å². The van der Waals surface area contributed by atoms with E-state index in [9.17, 15) is 12.8 Å². The third-order valence-corrected chi connectivity index (χ3v) is 4.84. The number of para-hydroxylation sites is 1. The van der Waals surface area contributed by atoms with Gasteiger partial charge in [0.05, 0.1) is 17.0 Å². The molecule has 0 atom stereocenters. The van der Waals surface area contributed by atoms with Gasteiger partial charge in [0.25, 0.3) is 0 Å². The fourth-order valence-electron chi connectivity index (χ4n) is 2.16. The molecule has 3 nitrogen and oxygen atoms in total. The minimum Gasteiger partial charge on any atom is -0.252 e. The number of hydrogen-bond donors (Lipinski definition) is 0. The van der Waals surface area contributed by atoms with Crippen LogP contribution in [-0.2, 0) is 15.6 Å². The second kappa shape index (κ2) is 5.26.